The highest BCUT2D eigenvalue weighted by Crippen LogP contribution is 2.26. The third kappa shape index (κ3) is 4.27. The maximum atomic E-state index is 12.6. The van der Waals surface area contributed by atoms with Gasteiger partial charge in [0.1, 0.15) is 24.4 Å². The number of benzene rings is 1. The maximum Gasteiger partial charge on any atom is 0.295 e. The predicted octanol–water partition coefficient (Wildman–Crippen LogP) is 2.82. The fourth-order valence-corrected chi connectivity index (χ4v) is 3.44. The molecule has 2 aromatic heterocycles. The van der Waals surface area contributed by atoms with Gasteiger partial charge in [-0.2, -0.15) is 5.10 Å². The predicted molar refractivity (Wildman–Crippen MR) is 106 cm³/mol. The summed E-state index contributed by atoms with van der Waals surface area (Å²) >= 11 is 0. The first-order valence-electron chi connectivity index (χ1n) is 9.64. The van der Waals surface area contributed by atoms with Gasteiger partial charge < -0.3 is 10.1 Å². The van der Waals surface area contributed by atoms with Gasteiger partial charge in [-0.05, 0) is 43.9 Å². The maximum absolute atomic E-state index is 12.6. The van der Waals surface area contributed by atoms with Crippen molar-refractivity contribution in [3.8, 4) is 11.6 Å². The first-order chi connectivity index (χ1) is 14.6. The summed E-state index contributed by atoms with van der Waals surface area (Å²) < 4.78 is 7.26. The molecule has 10 nitrogen and oxygen atoms in total. The third-order valence-electron chi connectivity index (χ3n) is 4.97. The van der Waals surface area contributed by atoms with Crippen molar-refractivity contribution in [2.45, 2.75) is 38.3 Å². The van der Waals surface area contributed by atoms with Gasteiger partial charge in [-0.3, -0.25) is 14.9 Å². The number of hydrogen-bond donors (Lipinski definition) is 1. The molecular weight excluding hydrogens is 388 g/mol. The third-order valence-corrected chi connectivity index (χ3v) is 4.97. The van der Waals surface area contributed by atoms with Crippen LogP contribution >= 0.6 is 0 Å². The second kappa shape index (κ2) is 8.68. The van der Waals surface area contributed by atoms with Crippen molar-refractivity contribution in [2.24, 2.45) is 0 Å². The summed E-state index contributed by atoms with van der Waals surface area (Å²) in [6.45, 7) is 0.202. The van der Waals surface area contributed by atoms with Gasteiger partial charge in [0.25, 0.3) is 11.6 Å². The van der Waals surface area contributed by atoms with Crippen LogP contribution in [0.1, 0.15) is 41.6 Å². The van der Waals surface area contributed by atoms with Crippen molar-refractivity contribution in [1.82, 2.24) is 25.1 Å². The van der Waals surface area contributed by atoms with Crippen molar-refractivity contribution >= 4 is 11.6 Å². The summed E-state index contributed by atoms with van der Waals surface area (Å²) in [5, 5.41) is 18.2. The Morgan fingerprint density at radius 1 is 1.30 bits per heavy atom. The van der Waals surface area contributed by atoms with Gasteiger partial charge >= 0.3 is 0 Å². The van der Waals surface area contributed by atoms with Crippen molar-refractivity contribution in [1.29, 1.82) is 0 Å². The largest absolute Gasteiger partial charge is 0.474 e. The molecule has 0 unspecified atom stereocenters. The monoisotopic (exact) mass is 408 g/mol. The topological polar surface area (TPSA) is 125 Å². The molecule has 1 aliphatic carbocycles. The Bertz CT molecular complexity index is 1050. The van der Waals surface area contributed by atoms with E-state index in [-0.39, 0.29) is 29.6 Å². The lowest BCUT2D eigenvalue weighted by Crippen LogP contribution is -2.24. The van der Waals surface area contributed by atoms with Crippen molar-refractivity contribution in [2.75, 3.05) is 0 Å². The number of ether oxygens (including phenoxy) is 1. The molecule has 0 saturated heterocycles. The SMILES string of the molecule is O=C(NCc1cccnc1OC1CCCC1)c1ccc(-n2cncn2)c([N+](=O)[O-])c1. The number of hydrogen-bond acceptors (Lipinski definition) is 7. The average molecular weight is 408 g/mol. The first-order valence-corrected chi connectivity index (χ1v) is 9.64. The molecular formula is C20H20N6O4. The fourth-order valence-electron chi connectivity index (χ4n) is 3.44. The van der Waals surface area contributed by atoms with Crippen LogP contribution in [0.3, 0.4) is 0 Å². The van der Waals surface area contributed by atoms with E-state index in [4.69, 9.17) is 4.74 Å². The van der Waals surface area contributed by atoms with Crippen LogP contribution in [0.2, 0.25) is 0 Å². The van der Waals surface area contributed by atoms with E-state index in [1.165, 1.54) is 35.5 Å². The molecule has 4 rings (SSSR count). The molecule has 30 heavy (non-hydrogen) atoms. The highest BCUT2D eigenvalue weighted by atomic mass is 16.6. The molecule has 3 aromatic rings. The molecule has 0 atom stereocenters. The molecule has 1 aliphatic rings. The highest BCUT2D eigenvalue weighted by Gasteiger charge is 2.21. The number of pyridine rings is 1. The lowest BCUT2D eigenvalue weighted by molar-refractivity contribution is -0.384. The van der Waals surface area contributed by atoms with Crippen LogP contribution < -0.4 is 10.1 Å². The standard InChI is InChI=1S/C20H20N6O4/c27-19(14-7-8-17(18(10-14)26(28)29)25-13-21-12-24-25)23-11-15-4-3-9-22-20(15)30-16-5-1-2-6-16/h3-4,7-10,12-13,16H,1-2,5-6,11H2,(H,23,27). The summed E-state index contributed by atoms with van der Waals surface area (Å²) in [6, 6.07) is 7.83. The lowest BCUT2D eigenvalue weighted by Gasteiger charge is -2.15. The molecule has 1 fully saturated rings. The molecule has 1 amide bonds. The van der Waals surface area contributed by atoms with Crippen LogP contribution in [-0.2, 0) is 6.54 Å². The first kappa shape index (κ1) is 19.5. The molecule has 0 spiro atoms. The van der Waals surface area contributed by atoms with E-state index in [9.17, 15) is 14.9 Å². The zero-order chi connectivity index (χ0) is 20.9. The zero-order valence-electron chi connectivity index (χ0n) is 16.1. The number of nitro groups is 1. The minimum Gasteiger partial charge on any atom is -0.474 e. The summed E-state index contributed by atoms with van der Waals surface area (Å²) in [5.74, 6) is 0.0797. The second-order valence-electron chi connectivity index (χ2n) is 6.98. The van der Waals surface area contributed by atoms with Crippen LogP contribution in [0.4, 0.5) is 5.69 Å². The van der Waals surface area contributed by atoms with Crippen LogP contribution in [0.25, 0.3) is 5.69 Å². The van der Waals surface area contributed by atoms with Crippen LogP contribution in [0.5, 0.6) is 5.88 Å². The van der Waals surface area contributed by atoms with Gasteiger partial charge in [-0.1, -0.05) is 6.07 Å². The summed E-state index contributed by atoms with van der Waals surface area (Å²) in [5.41, 5.74) is 0.924. The number of nitro benzene ring substituents is 1. The fraction of sp³-hybridized carbons (Fsp3) is 0.300. The number of aromatic nitrogens is 4. The Morgan fingerprint density at radius 2 is 2.13 bits per heavy atom. The summed E-state index contributed by atoms with van der Waals surface area (Å²) in [7, 11) is 0. The van der Waals surface area contributed by atoms with Gasteiger partial charge in [-0.25, -0.2) is 14.6 Å². The highest BCUT2D eigenvalue weighted by molar-refractivity contribution is 5.95. The lowest BCUT2D eigenvalue weighted by atomic mass is 10.1. The minimum atomic E-state index is -0.553. The smallest absolute Gasteiger partial charge is 0.295 e. The van der Waals surface area contributed by atoms with E-state index in [0.29, 0.717) is 5.88 Å². The molecule has 1 saturated carbocycles. The van der Waals surface area contributed by atoms with Crippen LogP contribution in [-0.4, -0.2) is 36.7 Å². The quantitative estimate of drug-likeness (QED) is 0.471. The number of carbonyl (C=O) groups excluding carboxylic acids is 1. The Balaban J connectivity index is 1.48. The summed E-state index contributed by atoms with van der Waals surface area (Å²) in [6.07, 6.45) is 8.75. The van der Waals surface area contributed by atoms with Gasteiger partial charge in [-0.15, -0.1) is 0 Å². The number of rotatable bonds is 7. The Morgan fingerprint density at radius 3 is 2.87 bits per heavy atom. The number of nitrogens with zero attached hydrogens (tertiary/aromatic N) is 5. The van der Waals surface area contributed by atoms with Crippen LogP contribution in [0.15, 0.2) is 49.2 Å². The molecule has 2 heterocycles. The van der Waals surface area contributed by atoms with Gasteiger partial charge in [0.2, 0.25) is 5.88 Å². The molecule has 1 N–H and O–H groups in total. The van der Waals surface area contributed by atoms with Gasteiger partial charge in [0, 0.05) is 29.9 Å². The van der Waals surface area contributed by atoms with E-state index < -0.39 is 10.8 Å². The van der Waals surface area contributed by atoms with Crippen molar-refractivity contribution in [3.05, 3.63) is 70.4 Å². The van der Waals surface area contributed by atoms with E-state index >= 15 is 0 Å². The number of nitrogens with one attached hydrogen (secondary N) is 1. The zero-order valence-corrected chi connectivity index (χ0v) is 16.1. The molecule has 0 radical (unpaired) electrons. The molecule has 154 valence electrons. The number of amides is 1. The molecule has 10 heteroatoms. The molecule has 0 aliphatic heterocycles. The second-order valence-corrected chi connectivity index (χ2v) is 6.98. The normalized spacial score (nSPS) is 13.9. The van der Waals surface area contributed by atoms with E-state index in [1.54, 1.807) is 12.3 Å². The van der Waals surface area contributed by atoms with Crippen molar-refractivity contribution in [3.63, 3.8) is 0 Å². The summed E-state index contributed by atoms with van der Waals surface area (Å²) in [4.78, 5) is 31.6. The van der Waals surface area contributed by atoms with Gasteiger partial charge in [0.15, 0.2) is 0 Å². The van der Waals surface area contributed by atoms with E-state index in [0.717, 1.165) is 31.2 Å². The Hall–Kier alpha value is -3.82. The van der Waals surface area contributed by atoms with E-state index in [1.807, 2.05) is 6.07 Å². The van der Waals surface area contributed by atoms with E-state index in [2.05, 4.69) is 20.4 Å². The van der Waals surface area contributed by atoms with Gasteiger partial charge in [0.05, 0.1) is 4.92 Å². The van der Waals surface area contributed by atoms with Crippen molar-refractivity contribution < 1.29 is 14.5 Å². The molecule has 0 bridgehead atoms. The Kier molecular flexibility index (Phi) is 5.64. The Labute approximate surface area is 172 Å². The number of carbonyl (C=O) groups is 1. The minimum absolute atomic E-state index is 0.154. The van der Waals surface area contributed by atoms with Crippen LogP contribution in [0, 0.1) is 10.1 Å². The average Bonchev–Trinajstić information content (AvgIpc) is 3.47. The molecule has 1 aromatic carbocycles.